The molecule has 3 rings (SSSR count). The summed E-state index contributed by atoms with van der Waals surface area (Å²) in [5, 5.41) is 0. The van der Waals surface area contributed by atoms with Gasteiger partial charge in [0.1, 0.15) is 5.75 Å². The molecule has 1 unspecified atom stereocenters. The topological polar surface area (TPSA) is 70.2 Å². The van der Waals surface area contributed by atoms with E-state index in [4.69, 9.17) is 4.74 Å². The molecule has 0 spiro atoms. The van der Waals surface area contributed by atoms with Gasteiger partial charge in [0, 0.05) is 44.5 Å². The summed E-state index contributed by atoms with van der Waals surface area (Å²) in [6.07, 6.45) is 0.549. The van der Waals surface area contributed by atoms with Gasteiger partial charge in [-0.05, 0) is 37.6 Å². The quantitative estimate of drug-likeness (QED) is 0.789. The molecule has 1 aromatic rings. The molecule has 0 saturated carbocycles. The van der Waals surface area contributed by atoms with Crippen LogP contribution in [0.1, 0.15) is 13.3 Å². The second-order valence-corrected chi connectivity index (χ2v) is 9.03. The van der Waals surface area contributed by atoms with E-state index in [1.807, 2.05) is 36.1 Å². The van der Waals surface area contributed by atoms with Gasteiger partial charge in [0.25, 0.3) is 0 Å². The van der Waals surface area contributed by atoms with Gasteiger partial charge >= 0.3 is 6.03 Å². The number of hydrogen-bond donors (Lipinski definition) is 0. The number of piperazine rings is 1. The number of amides is 2. The molecule has 1 atom stereocenters. The number of rotatable bonds is 4. The van der Waals surface area contributed by atoms with Crippen LogP contribution in [0.4, 0.5) is 10.5 Å². The molecule has 26 heavy (non-hydrogen) atoms. The van der Waals surface area contributed by atoms with Crippen molar-refractivity contribution in [2.75, 3.05) is 56.2 Å². The van der Waals surface area contributed by atoms with Gasteiger partial charge in [0.2, 0.25) is 0 Å². The van der Waals surface area contributed by atoms with Crippen molar-refractivity contribution in [2.45, 2.75) is 19.4 Å². The number of urea groups is 1. The van der Waals surface area contributed by atoms with Gasteiger partial charge < -0.3 is 19.4 Å². The highest BCUT2D eigenvalue weighted by atomic mass is 32.2. The van der Waals surface area contributed by atoms with Gasteiger partial charge in [-0.1, -0.05) is 0 Å². The Balaban J connectivity index is 1.58. The fourth-order valence-electron chi connectivity index (χ4n) is 3.70. The van der Waals surface area contributed by atoms with Gasteiger partial charge in [0.15, 0.2) is 9.84 Å². The molecule has 2 saturated heterocycles. The Morgan fingerprint density at radius 1 is 1.19 bits per heavy atom. The Morgan fingerprint density at radius 2 is 1.85 bits per heavy atom. The number of methoxy groups -OCH3 is 1. The summed E-state index contributed by atoms with van der Waals surface area (Å²) in [5.41, 5.74) is 1.12. The maximum absolute atomic E-state index is 12.9. The van der Waals surface area contributed by atoms with E-state index < -0.39 is 9.84 Å². The Hall–Kier alpha value is -1.96. The van der Waals surface area contributed by atoms with E-state index in [9.17, 15) is 13.2 Å². The maximum Gasteiger partial charge on any atom is 0.320 e. The molecule has 2 fully saturated rings. The van der Waals surface area contributed by atoms with Crippen molar-refractivity contribution in [3.05, 3.63) is 24.3 Å². The van der Waals surface area contributed by atoms with Crippen molar-refractivity contribution in [3.63, 3.8) is 0 Å². The first kappa shape index (κ1) is 18.8. The SMILES string of the molecule is CCN(C(=O)N1CCN(c2ccc(OC)cc2)CC1)C1CCS(=O)(=O)C1. The van der Waals surface area contributed by atoms with Crippen LogP contribution in [-0.4, -0.2) is 81.6 Å². The third kappa shape index (κ3) is 4.06. The van der Waals surface area contributed by atoms with Crippen LogP contribution in [0.3, 0.4) is 0 Å². The van der Waals surface area contributed by atoms with E-state index in [1.165, 1.54) is 0 Å². The molecule has 2 amide bonds. The standard InChI is InChI=1S/C18H27N3O4S/c1-3-21(16-8-13-26(23,24)14-16)18(22)20-11-9-19(10-12-20)15-4-6-17(25-2)7-5-15/h4-7,16H,3,8-14H2,1-2H3. The van der Waals surface area contributed by atoms with Crippen molar-refractivity contribution in [2.24, 2.45) is 0 Å². The molecule has 2 aliphatic heterocycles. The fraction of sp³-hybridized carbons (Fsp3) is 0.611. The van der Waals surface area contributed by atoms with Crippen LogP contribution in [0.5, 0.6) is 5.75 Å². The van der Waals surface area contributed by atoms with Crippen molar-refractivity contribution < 1.29 is 17.9 Å². The zero-order valence-corrected chi connectivity index (χ0v) is 16.2. The lowest BCUT2D eigenvalue weighted by Crippen LogP contribution is -2.55. The number of carbonyl (C=O) groups is 1. The summed E-state index contributed by atoms with van der Waals surface area (Å²) in [6.45, 7) is 5.26. The van der Waals surface area contributed by atoms with E-state index in [0.717, 1.165) is 24.5 Å². The molecule has 0 aromatic heterocycles. The predicted molar refractivity (Wildman–Crippen MR) is 102 cm³/mol. The molecule has 2 aliphatic rings. The van der Waals surface area contributed by atoms with E-state index >= 15 is 0 Å². The number of ether oxygens (including phenoxy) is 1. The number of nitrogens with zero attached hydrogens (tertiary/aromatic N) is 3. The highest BCUT2D eigenvalue weighted by Crippen LogP contribution is 2.22. The third-order valence-corrected chi connectivity index (χ3v) is 6.97. The van der Waals surface area contributed by atoms with Crippen LogP contribution in [0.15, 0.2) is 24.3 Å². The van der Waals surface area contributed by atoms with Crippen molar-refractivity contribution in [1.82, 2.24) is 9.80 Å². The molecule has 0 aliphatic carbocycles. The van der Waals surface area contributed by atoms with Crippen LogP contribution in [0.2, 0.25) is 0 Å². The Bertz CT molecular complexity index is 727. The van der Waals surface area contributed by atoms with Crippen LogP contribution in [-0.2, 0) is 9.84 Å². The number of sulfone groups is 1. The molecule has 8 heteroatoms. The monoisotopic (exact) mass is 381 g/mol. The smallest absolute Gasteiger partial charge is 0.320 e. The Kier molecular flexibility index (Phi) is 5.60. The average molecular weight is 381 g/mol. The first-order valence-electron chi connectivity index (χ1n) is 9.08. The van der Waals surface area contributed by atoms with Crippen molar-refractivity contribution in [3.8, 4) is 5.75 Å². The first-order valence-corrected chi connectivity index (χ1v) is 10.9. The number of hydrogen-bond acceptors (Lipinski definition) is 5. The zero-order valence-electron chi connectivity index (χ0n) is 15.4. The van der Waals surface area contributed by atoms with Crippen LogP contribution in [0.25, 0.3) is 0 Å². The minimum Gasteiger partial charge on any atom is -0.497 e. The second kappa shape index (κ2) is 7.73. The Labute approximate surface area is 155 Å². The van der Waals surface area contributed by atoms with Gasteiger partial charge in [-0.25, -0.2) is 13.2 Å². The van der Waals surface area contributed by atoms with Crippen LogP contribution >= 0.6 is 0 Å². The summed E-state index contributed by atoms with van der Waals surface area (Å²) in [7, 11) is -1.35. The summed E-state index contributed by atoms with van der Waals surface area (Å²) in [5.74, 6) is 1.11. The van der Waals surface area contributed by atoms with Crippen LogP contribution < -0.4 is 9.64 Å². The summed E-state index contributed by atoms with van der Waals surface area (Å²) >= 11 is 0. The summed E-state index contributed by atoms with van der Waals surface area (Å²) in [4.78, 5) is 18.7. The minimum atomic E-state index is -3.00. The molecule has 2 heterocycles. The molecular formula is C18H27N3O4S. The van der Waals surface area contributed by atoms with Gasteiger partial charge in [-0.2, -0.15) is 0 Å². The minimum absolute atomic E-state index is 0.0380. The summed E-state index contributed by atoms with van der Waals surface area (Å²) < 4.78 is 28.7. The van der Waals surface area contributed by atoms with Crippen LogP contribution in [0, 0.1) is 0 Å². The molecule has 0 bridgehead atoms. The fourth-order valence-corrected chi connectivity index (χ4v) is 5.43. The number of anilines is 1. The zero-order chi connectivity index (χ0) is 18.7. The molecule has 7 nitrogen and oxygen atoms in total. The average Bonchev–Trinajstić information content (AvgIpc) is 3.02. The molecule has 0 N–H and O–H groups in total. The molecule has 144 valence electrons. The van der Waals surface area contributed by atoms with Gasteiger partial charge in [-0.15, -0.1) is 0 Å². The van der Waals surface area contributed by atoms with E-state index in [0.29, 0.717) is 26.1 Å². The lowest BCUT2D eigenvalue weighted by Gasteiger charge is -2.39. The number of benzene rings is 1. The van der Waals surface area contributed by atoms with E-state index in [2.05, 4.69) is 4.90 Å². The molecular weight excluding hydrogens is 354 g/mol. The lowest BCUT2D eigenvalue weighted by atomic mass is 10.2. The van der Waals surface area contributed by atoms with Crippen molar-refractivity contribution in [1.29, 1.82) is 0 Å². The van der Waals surface area contributed by atoms with Gasteiger partial charge in [-0.3, -0.25) is 0 Å². The summed E-state index contributed by atoms with van der Waals surface area (Å²) in [6, 6.07) is 7.70. The second-order valence-electron chi connectivity index (χ2n) is 6.80. The first-order chi connectivity index (χ1) is 12.4. The molecule has 1 aromatic carbocycles. The highest BCUT2D eigenvalue weighted by molar-refractivity contribution is 7.91. The van der Waals surface area contributed by atoms with E-state index in [1.54, 1.807) is 12.0 Å². The third-order valence-electron chi connectivity index (χ3n) is 5.22. The highest BCUT2D eigenvalue weighted by Gasteiger charge is 2.36. The lowest BCUT2D eigenvalue weighted by molar-refractivity contribution is 0.138. The predicted octanol–water partition coefficient (Wildman–Crippen LogP) is 1.45. The largest absolute Gasteiger partial charge is 0.497 e. The maximum atomic E-state index is 12.9. The van der Waals surface area contributed by atoms with E-state index in [-0.39, 0.29) is 23.6 Å². The van der Waals surface area contributed by atoms with Crippen molar-refractivity contribution >= 4 is 21.6 Å². The molecule has 0 radical (unpaired) electrons. The Morgan fingerprint density at radius 3 is 2.35 bits per heavy atom. The number of carbonyl (C=O) groups excluding carboxylic acids is 1. The normalized spacial score (nSPS) is 22.3. The van der Waals surface area contributed by atoms with Gasteiger partial charge in [0.05, 0.1) is 18.6 Å².